The number of hydrogen-bond acceptors (Lipinski definition) is 3. The summed E-state index contributed by atoms with van der Waals surface area (Å²) in [4.78, 5) is 26.7. The second-order valence-corrected chi connectivity index (χ2v) is 7.33. The summed E-state index contributed by atoms with van der Waals surface area (Å²) in [7, 11) is 1.60. The van der Waals surface area contributed by atoms with Crippen molar-refractivity contribution in [3.63, 3.8) is 0 Å². The maximum atomic E-state index is 13.5. The van der Waals surface area contributed by atoms with Gasteiger partial charge < -0.3 is 10.1 Å². The van der Waals surface area contributed by atoms with Crippen LogP contribution in [0.1, 0.15) is 22.3 Å². The molecule has 1 heterocycles. The Labute approximate surface area is 151 Å². The molecule has 0 unspecified atom stereocenters. The molecule has 26 heavy (non-hydrogen) atoms. The lowest BCUT2D eigenvalue weighted by molar-refractivity contribution is -0.122. The predicted molar refractivity (Wildman–Crippen MR) is 98.3 cm³/mol. The Morgan fingerprint density at radius 2 is 1.88 bits per heavy atom. The monoisotopic (exact) mass is 345 g/mol. The largest absolute Gasteiger partial charge is 0.497 e. The topological polar surface area (TPSA) is 55.4 Å². The lowest BCUT2D eigenvalue weighted by atomic mass is 9.63. The van der Waals surface area contributed by atoms with Crippen molar-refractivity contribution in [1.29, 1.82) is 0 Å². The molecule has 2 aromatic rings. The summed E-state index contributed by atoms with van der Waals surface area (Å²) in [5.41, 5.74) is 1.65. The molecule has 5 rings (SSSR count). The van der Waals surface area contributed by atoms with Crippen LogP contribution in [0.25, 0.3) is 0 Å². The molecule has 3 aliphatic rings. The van der Waals surface area contributed by atoms with Crippen LogP contribution in [0.4, 0.5) is 5.69 Å². The van der Waals surface area contributed by atoms with E-state index in [1.807, 2.05) is 24.3 Å². The predicted octanol–water partition coefficient (Wildman–Crippen LogP) is 3.59. The highest BCUT2D eigenvalue weighted by molar-refractivity contribution is 6.13. The first-order valence-electron chi connectivity index (χ1n) is 8.94. The molecule has 2 bridgehead atoms. The zero-order valence-corrected chi connectivity index (χ0v) is 14.4. The second kappa shape index (κ2) is 5.31. The highest BCUT2D eigenvalue weighted by atomic mass is 16.5. The molecule has 0 radical (unpaired) electrons. The van der Waals surface area contributed by atoms with E-state index in [0.29, 0.717) is 11.3 Å². The van der Waals surface area contributed by atoms with Gasteiger partial charge in [-0.25, -0.2) is 0 Å². The number of nitrogens with one attached hydrogen (secondary N) is 1. The van der Waals surface area contributed by atoms with Crippen molar-refractivity contribution in [3.8, 4) is 5.75 Å². The lowest BCUT2D eigenvalue weighted by Gasteiger charge is -2.36. The highest BCUT2D eigenvalue weighted by Crippen LogP contribution is 2.61. The Bertz CT molecular complexity index is 946. The number of allylic oxidation sites excluding steroid dienone is 2. The van der Waals surface area contributed by atoms with Gasteiger partial charge in [0.15, 0.2) is 5.78 Å². The van der Waals surface area contributed by atoms with Crippen LogP contribution in [0.5, 0.6) is 5.75 Å². The summed E-state index contributed by atoms with van der Waals surface area (Å²) < 4.78 is 5.19. The van der Waals surface area contributed by atoms with Gasteiger partial charge in [0.1, 0.15) is 5.75 Å². The van der Waals surface area contributed by atoms with E-state index in [0.717, 1.165) is 17.7 Å². The molecule has 1 spiro atoms. The quantitative estimate of drug-likeness (QED) is 0.683. The standard InChI is InChI=1S/C22H19NO3/c1-26-16-10-7-13(8-11-16)20(24)19-14-6-9-15(12-14)22(19)17-4-2-3-5-18(17)23-21(22)25/h2-11,14-15,19H,12H2,1H3,(H,23,25)/t14-,15-,19-,22+/m0/s1. The molecule has 4 atom stereocenters. The zero-order valence-electron chi connectivity index (χ0n) is 14.4. The number of methoxy groups -OCH3 is 1. The Morgan fingerprint density at radius 1 is 1.12 bits per heavy atom. The molecule has 2 aromatic carbocycles. The van der Waals surface area contributed by atoms with Crippen molar-refractivity contribution < 1.29 is 14.3 Å². The lowest BCUT2D eigenvalue weighted by Crippen LogP contribution is -2.48. The van der Waals surface area contributed by atoms with Crippen LogP contribution < -0.4 is 10.1 Å². The fraction of sp³-hybridized carbons (Fsp3) is 0.273. The van der Waals surface area contributed by atoms with Crippen molar-refractivity contribution in [2.45, 2.75) is 11.8 Å². The highest BCUT2D eigenvalue weighted by Gasteiger charge is 2.66. The first-order chi connectivity index (χ1) is 12.7. The van der Waals surface area contributed by atoms with Crippen molar-refractivity contribution in [3.05, 3.63) is 71.8 Å². The zero-order chi connectivity index (χ0) is 17.9. The second-order valence-electron chi connectivity index (χ2n) is 7.33. The van der Waals surface area contributed by atoms with Gasteiger partial charge >= 0.3 is 0 Å². The Kier molecular flexibility index (Phi) is 3.14. The maximum Gasteiger partial charge on any atom is 0.236 e. The molecule has 1 amide bonds. The minimum absolute atomic E-state index is 0.0383. The summed E-state index contributed by atoms with van der Waals surface area (Å²) >= 11 is 0. The smallest absolute Gasteiger partial charge is 0.236 e. The summed E-state index contributed by atoms with van der Waals surface area (Å²) in [6.07, 6.45) is 5.11. The normalized spacial score (nSPS) is 30.5. The molecule has 1 fully saturated rings. The number of anilines is 1. The third kappa shape index (κ3) is 1.79. The van der Waals surface area contributed by atoms with Gasteiger partial charge in [0.25, 0.3) is 0 Å². The van der Waals surface area contributed by atoms with Crippen LogP contribution in [0.2, 0.25) is 0 Å². The van der Waals surface area contributed by atoms with E-state index in [1.165, 1.54) is 0 Å². The molecule has 1 N–H and O–H groups in total. The molecule has 0 saturated heterocycles. The van der Waals surface area contributed by atoms with Gasteiger partial charge in [0.05, 0.1) is 12.5 Å². The minimum Gasteiger partial charge on any atom is -0.497 e. The number of fused-ring (bicyclic) bond motifs is 5. The van der Waals surface area contributed by atoms with Gasteiger partial charge in [-0.1, -0.05) is 30.4 Å². The summed E-state index contributed by atoms with van der Waals surface area (Å²) in [5.74, 6) is 0.524. The van der Waals surface area contributed by atoms with E-state index in [1.54, 1.807) is 31.4 Å². The number of amides is 1. The van der Waals surface area contributed by atoms with E-state index in [9.17, 15) is 9.59 Å². The van der Waals surface area contributed by atoms with Crippen LogP contribution in [0.3, 0.4) is 0 Å². The summed E-state index contributed by atoms with van der Waals surface area (Å²) in [6.45, 7) is 0. The molecule has 4 heteroatoms. The molecule has 1 saturated carbocycles. The Hall–Kier alpha value is -2.88. The van der Waals surface area contributed by atoms with E-state index in [2.05, 4.69) is 17.5 Å². The van der Waals surface area contributed by atoms with Gasteiger partial charge in [-0.3, -0.25) is 9.59 Å². The number of para-hydroxylation sites is 1. The van der Waals surface area contributed by atoms with Gasteiger partial charge in [0.2, 0.25) is 5.91 Å². The maximum absolute atomic E-state index is 13.5. The van der Waals surface area contributed by atoms with Crippen molar-refractivity contribution in [2.24, 2.45) is 17.8 Å². The first-order valence-corrected chi connectivity index (χ1v) is 8.94. The van der Waals surface area contributed by atoms with E-state index >= 15 is 0 Å². The van der Waals surface area contributed by atoms with Crippen molar-refractivity contribution in [1.82, 2.24) is 0 Å². The van der Waals surface area contributed by atoms with Gasteiger partial charge in [-0.05, 0) is 54.2 Å². The molecule has 2 aliphatic carbocycles. The van der Waals surface area contributed by atoms with Crippen LogP contribution in [0, 0.1) is 17.8 Å². The number of ketones is 1. The Morgan fingerprint density at radius 3 is 2.65 bits per heavy atom. The van der Waals surface area contributed by atoms with Gasteiger partial charge in [-0.2, -0.15) is 0 Å². The first kappa shape index (κ1) is 15.4. The molecular weight excluding hydrogens is 326 g/mol. The fourth-order valence-corrected chi connectivity index (χ4v) is 5.19. The molecular formula is C22H19NO3. The van der Waals surface area contributed by atoms with Crippen LogP contribution in [0.15, 0.2) is 60.7 Å². The fourth-order valence-electron chi connectivity index (χ4n) is 5.19. The van der Waals surface area contributed by atoms with Crippen molar-refractivity contribution >= 4 is 17.4 Å². The van der Waals surface area contributed by atoms with E-state index in [4.69, 9.17) is 4.74 Å². The van der Waals surface area contributed by atoms with Gasteiger partial charge in [-0.15, -0.1) is 0 Å². The average molecular weight is 345 g/mol. The number of hydrogen-bond donors (Lipinski definition) is 1. The number of rotatable bonds is 3. The van der Waals surface area contributed by atoms with E-state index < -0.39 is 5.41 Å². The number of carbonyl (C=O) groups is 2. The molecule has 0 aromatic heterocycles. The average Bonchev–Trinajstić information content (AvgIpc) is 3.35. The van der Waals surface area contributed by atoms with Gasteiger partial charge in [0, 0.05) is 17.2 Å². The molecule has 4 nitrogen and oxygen atoms in total. The third-order valence-corrected chi connectivity index (χ3v) is 6.27. The van der Waals surface area contributed by atoms with Crippen LogP contribution in [-0.2, 0) is 10.2 Å². The third-order valence-electron chi connectivity index (χ3n) is 6.27. The number of carbonyl (C=O) groups excluding carboxylic acids is 2. The van der Waals surface area contributed by atoms with Crippen LogP contribution in [-0.4, -0.2) is 18.8 Å². The number of benzene rings is 2. The number of ether oxygens (including phenoxy) is 1. The summed E-state index contributed by atoms with van der Waals surface area (Å²) in [5, 5.41) is 3.02. The SMILES string of the molecule is COc1ccc(C(=O)[C@@H]2[C@H]3C=C[C@@H](C3)[C@]23C(=O)Nc2ccccc23)cc1. The molecule has 130 valence electrons. The van der Waals surface area contributed by atoms with Crippen LogP contribution >= 0.6 is 0 Å². The Balaban J connectivity index is 1.65. The van der Waals surface area contributed by atoms with E-state index in [-0.39, 0.29) is 29.4 Å². The number of Topliss-reactive ketones (excluding diaryl/α,β-unsaturated/α-hetero) is 1. The molecule has 1 aliphatic heterocycles. The minimum atomic E-state index is -0.785. The summed E-state index contributed by atoms with van der Waals surface area (Å²) in [6, 6.07) is 15.0. The van der Waals surface area contributed by atoms with Crippen molar-refractivity contribution in [2.75, 3.05) is 12.4 Å².